The molecule has 7 heteroatoms. The molecule has 0 saturated heterocycles. The van der Waals surface area contributed by atoms with E-state index < -0.39 is 0 Å². The van der Waals surface area contributed by atoms with Gasteiger partial charge in [0.25, 0.3) is 5.91 Å². The first kappa shape index (κ1) is 17.2. The zero-order valence-electron chi connectivity index (χ0n) is 15.4. The number of ketones is 1. The maximum absolute atomic E-state index is 12.7. The molecular weight excluding hydrogens is 344 g/mol. The lowest BCUT2D eigenvalue weighted by atomic mass is 9.76. The van der Waals surface area contributed by atoms with Gasteiger partial charge in [-0.1, -0.05) is 19.9 Å². The summed E-state index contributed by atoms with van der Waals surface area (Å²) in [6, 6.07) is 7.12. The topological polar surface area (TPSA) is 85.6 Å². The third kappa shape index (κ3) is 3.05. The Hall–Kier alpha value is -3.22. The number of fused-ring (bicyclic) bond motifs is 3. The smallest absolute Gasteiger partial charge is 0.261 e. The molecule has 0 radical (unpaired) electrons. The van der Waals surface area contributed by atoms with Crippen LogP contribution in [0.4, 0.5) is 5.69 Å². The summed E-state index contributed by atoms with van der Waals surface area (Å²) in [4.78, 5) is 29.5. The van der Waals surface area contributed by atoms with Crippen LogP contribution in [0.2, 0.25) is 0 Å². The maximum Gasteiger partial charge on any atom is 0.261 e. The van der Waals surface area contributed by atoms with Gasteiger partial charge in [0.05, 0.1) is 24.6 Å². The van der Waals surface area contributed by atoms with Gasteiger partial charge in [-0.2, -0.15) is 5.10 Å². The number of rotatable bonds is 3. The Labute approximate surface area is 156 Å². The highest BCUT2D eigenvalue weighted by molar-refractivity contribution is 6.08. The second kappa shape index (κ2) is 6.19. The van der Waals surface area contributed by atoms with Gasteiger partial charge in [0.1, 0.15) is 11.3 Å². The lowest BCUT2D eigenvalue weighted by Gasteiger charge is -2.29. The minimum absolute atomic E-state index is 0.0635. The lowest BCUT2D eigenvalue weighted by molar-refractivity contribution is 0.0908. The number of nitrogens with zero attached hydrogens (tertiary/aromatic N) is 3. The molecule has 2 aromatic heterocycles. The first-order valence-electron chi connectivity index (χ1n) is 8.72. The number of Topliss-reactive ketones (excluding diaryl/α,β-unsaturated/α-hetero) is 1. The van der Waals surface area contributed by atoms with Crippen LogP contribution in [-0.4, -0.2) is 33.4 Å². The zero-order chi connectivity index (χ0) is 19.2. The van der Waals surface area contributed by atoms with E-state index in [9.17, 15) is 9.59 Å². The van der Waals surface area contributed by atoms with Crippen LogP contribution in [0.15, 0.2) is 36.7 Å². The van der Waals surface area contributed by atoms with Crippen LogP contribution in [0.3, 0.4) is 0 Å². The van der Waals surface area contributed by atoms with Crippen molar-refractivity contribution < 1.29 is 14.3 Å². The van der Waals surface area contributed by atoms with E-state index in [1.807, 2.05) is 0 Å². The van der Waals surface area contributed by atoms with Crippen molar-refractivity contribution in [1.29, 1.82) is 0 Å². The molecule has 2 heterocycles. The molecule has 1 aliphatic carbocycles. The van der Waals surface area contributed by atoms with E-state index in [-0.39, 0.29) is 17.1 Å². The molecule has 0 fully saturated rings. The zero-order valence-corrected chi connectivity index (χ0v) is 15.4. The van der Waals surface area contributed by atoms with E-state index in [1.165, 1.54) is 6.20 Å². The standard InChI is InChI=1S/C20H20N4O3/c1-20(2)8-16-14(17(25)9-20)10-21-18-15(11-22-24(16)18)19(26)23-12-5-4-6-13(7-12)27-3/h4-7,10-11H,8-9H2,1-3H3,(H,23,26). The van der Waals surface area contributed by atoms with Gasteiger partial charge in [-0.05, 0) is 24.0 Å². The number of benzene rings is 1. The van der Waals surface area contributed by atoms with Gasteiger partial charge in [-0.25, -0.2) is 9.50 Å². The Morgan fingerprint density at radius 1 is 1.26 bits per heavy atom. The molecule has 1 aromatic carbocycles. The monoisotopic (exact) mass is 364 g/mol. The number of hydrogen-bond donors (Lipinski definition) is 1. The number of methoxy groups -OCH3 is 1. The maximum atomic E-state index is 12.7. The first-order chi connectivity index (χ1) is 12.9. The molecular formula is C20H20N4O3. The SMILES string of the molecule is COc1cccc(NC(=O)c2cnn3c4c(cnc23)C(=O)CC(C)(C)C4)c1. The number of hydrogen-bond acceptors (Lipinski definition) is 5. The van der Waals surface area contributed by atoms with Crippen LogP contribution >= 0.6 is 0 Å². The Morgan fingerprint density at radius 3 is 2.85 bits per heavy atom. The van der Waals surface area contributed by atoms with Crippen molar-refractivity contribution >= 4 is 23.0 Å². The molecule has 1 N–H and O–H groups in total. The van der Waals surface area contributed by atoms with Gasteiger partial charge in [0.2, 0.25) is 0 Å². The highest BCUT2D eigenvalue weighted by atomic mass is 16.5. The Morgan fingerprint density at radius 2 is 2.07 bits per heavy atom. The largest absolute Gasteiger partial charge is 0.497 e. The van der Waals surface area contributed by atoms with E-state index in [0.717, 1.165) is 5.69 Å². The summed E-state index contributed by atoms with van der Waals surface area (Å²) in [5.74, 6) is 0.404. The van der Waals surface area contributed by atoms with Crippen molar-refractivity contribution in [3.63, 3.8) is 0 Å². The van der Waals surface area contributed by atoms with E-state index in [0.29, 0.717) is 41.1 Å². The summed E-state index contributed by atoms with van der Waals surface area (Å²) in [7, 11) is 1.57. The number of ether oxygens (including phenoxy) is 1. The fourth-order valence-electron chi connectivity index (χ4n) is 3.49. The number of nitrogens with one attached hydrogen (secondary N) is 1. The van der Waals surface area contributed by atoms with Crippen LogP contribution < -0.4 is 10.1 Å². The second-order valence-electron chi connectivity index (χ2n) is 7.54. The summed E-state index contributed by atoms with van der Waals surface area (Å²) >= 11 is 0. The average molecular weight is 364 g/mol. The van der Waals surface area contributed by atoms with E-state index >= 15 is 0 Å². The molecule has 3 aromatic rings. The highest BCUT2D eigenvalue weighted by Gasteiger charge is 2.33. The normalized spacial score (nSPS) is 15.4. The number of aromatic nitrogens is 3. The molecule has 0 saturated carbocycles. The second-order valence-corrected chi connectivity index (χ2v) is 7.54. The fraction of sp³-hybridized carbons (Fsp3) is 0.300. The van der Waals surface area contributed by atoms with E-state index in [1.54, 1.807) is 42.1 Å². The van der Waals surface area contributed by atoms with Gasteiger partial charge >= 0.3 is 0 Å². The third-order valence-corrected chi connectivity index (χ3v) is 4.78. The summed E-state index contributed by atoms with van der Waals surface area (Å²) < 4.78 is 6.80. The molecule has 138 valence electrons. The number of anilines is 1. The summed E-state index contributed by atoms with van der Waals surface area (Å²) in [6.45, 7) is 4.11. The van der Waals surface area contributed by atoms with Crippen LogP contribution in [-0.2, 0) is 6.42 Å². The Bertz CT molecular complexity index is 1070. The summed E-state index contributed by atoms with van der Waals surface area (Å²) in [5, 5.41) is 7.18. The average Bonchev–Trinajstić information content (AvgIpc) is 3.05. The van der Waals surface area contributed by atoms with Gasteiger partial charge in [-0.3, -0.25) is 9.59 Å². The molecule has 1 aliphatic rings. The predicted molar refractivity (Wildman–Crippen MR) is 100 cm³/mol. The van der Waals surface area contributed by atoms with Crippen LogP contribution in [0.5, 0.6) is 5.75 Å². The molecule has 0 spiro atoms. The fourth-order valence-corrected chi connectivity index (χ4v) is 3.49. The van der Waals surface area contributed by atoms with Crippen molar-refractivity contribution in [3.05, 3.63) is 53.5 Å². The molecule has 1 amide bonds. The van der Waals surface area contributed by atoms with Crippen molar-refractivity contribution in [2.24, 2.45) is 5.41 Å². The van der Waals surface area contributed by atoms with Gasteiger partial charge in [0.15, 0.2) is 11.4 Å². The first-order valence-corrected chi connectivity index (χ1v) is 8.72. The molecule has 7 nitrogen and oxygen atoms in total. The molecule has 4 rings (SSSR count). The van der Waals surface area contributed by atoms with Crippen LogP contribution in [0.25, 0.3) is 5.65 Å². The predicted octanol–water partition coefficient (Wildman–Crippen LogP) is 3.15. The van der Waals surface area contributed by atoms with Gasteiger partial charge in [-0.15, -0.1) is 0 Å². The molecule has 0 atom stereocenters. The van der Waals surface area contributed by atoms with Crippen LogP contribution in [0.1, 0.15) is 46.7 Å². The lowest BCUT2D eigenvalue weighted by Crippen LogP contribution is -2.29. The molecule has 0 aliphatic heterocycles. The molecule has 0 unspecified atom stereocenters. The number of amides is 1. The third-order valence-electron chi connectivity index (χ3n) is 4.78. The number of carbonyl (C=O) groups is 2. The van der Waals surface area contributed by atoms with Crippen molar-refractivity contribution in [1.82, 2.24) is 14.6 Å². The minimum atomic E-state index is -0.313. The van der Waals surface area contributed by atoms with Crippen molar-refractivity contribution in [3.8, 4) is 5.75 Å². The van der Waals surface area contributed by atoms with Crippen molar-refractivity contribution in [2.45, 2.75) is 26.7 Å². The Kier molecular flexibility index (Phi) is 3.95. The van der Waals surface area contributed by atoms with E-state index in [2.05, 4.69) is 29.2 Å². The minimum Gasteiger partial charge on any atom is -0.497 e. The van der Waals surface area contributed by atoms with Crippen molar-refractivity contribution in [2.75, 3.05) is 12.4 Å². The Balaban J connectivity index is 1.71. The highest BCUT2D eigenvalue weighted by Crippen LogP contribution is 2.34. The van der Waals surface area contributed by atoms with Gasteiger partial charge < -0.3 is 10.1 Å². The van der Waals surface area contributed by atoms with Gasteiger partial charge in [0, 0.05) is 24.4 Å². The van der Waals surface area contributed by atoms with Crippen LogP contribution in [0, 0.1) is 5.41 Å². The number of carbonyl (C=O) groups excluding carboxylic acids is 2. The quantitative estimate of drug-likeness (QED) is 0.772. The van der Waals surface area contributed by atoms with E-state index in [4.69, 9.17) is 4.74 Å². The summed E-state index contributed by atoms with van der Waals surface area (Å²) in [5.41, 5.74) is 2.67. The summed E-state index contributed by atoms with van der Waals surface area (Å²) in [6.07, 6.45) is 4.24. The molecule has 27 heavy (non-hydrogen) atoms. The molecule has 0 bridgehead atoms.